The number of aliphatic carboxylic acids is 1. The molecule has 0 heterocycles. The molecule has 2 nitrogen and oxygen atoms in total. The lowest BCUT2D eigenvalue weighted by atomic mass is 10.2. The lowest BCUT2D eigenvalue weighted by Gasteiger charge is -2.05. The van der Waals surface area contributed by atoms with E-state index in [2.05, 4.69) is 0 Å². The summed E-state index contributed by atoms with van der Waals surface area (Å²) < 4.78 is 36.2. The molecule has 0 aliphatic rings. The van der Waals surface area contributed by atoms with Gasteiger partial charge in [0.2, 0.25) is 0 Å². The number of hydrogen-bond acceptors (Lipinski definition) is 2. The fraction of sp³-hybridized carbons (Fsp3) is 0.0833. The first-order valence-corrected chi connectivity index (χ1v) is 5.62. The summed E-state index contributed by atoms with van der Waals surface area (Å²) in [7, 11) is 0. The standard InChI is InChI=1S/C12H9F3O2S/c13-12(14,15)18-10-7-5-9(6-8-10)3-1-2-4-11(16)17/h1-8H,(H,16,17). The maximum Gasteiger partial charge on any atom is 0.446 e. The molecule has 0 unspecified atom stereocenters. The average molecular weight is 274 g/mol. The van der Waals surface area contributed by atoms with E-state index in [-0.39, 0.29) is 16.7 Å². The van der Waals surface area contributed by atoms with Crippen LogP contribution in [0, 0.1) is 0 Å². The summed E-state index contributed by atoms with van der Waals surface area (Å²) in [5.41, 5.74) is -3.60. The average Bonchev–Trinajstić information content (AvgIpc) is 2.24. The van der Waals surface area contributed by atoms with Crippen molar-refractivity contribution in [1.82, 2.24) is 0 Å². The van der Waals surface area contributed by atoms with Gasteiger partial charge in [-0.25, -0.2) is 4.79 Å². The third kappa shape index (κ3) is 6.15. The smallest absolute Gasteiger partial charge is 0.446 e. The Morgan fingerprint density at radius 3 is 2.28 bits per heavy atom. The Labute approximate surface area is 106 Å². The normalized spacial score (nSPS) is 12.4. The van der Waals surface area contributed by atoms with Crippen LogP contribution in [0.4, 0.5) is 13.2 Å². The van der Waals surface area contributed by atoms with Gasteiger partial charge in [-0.1, -0.05) is 30.4 Å². The largest absolute Gasteiger partial charge is 0.478 e. The van der Waals surface area contributed by atoms with E-state index >= 15 is 0 Å². The van der Waals surface area contributed by atoms with Crippen LogP contribution >= 0.6 is 11.8 Å². The zero-order valence-corrected chi connectivity index (χ0v) is 9.83. The zero-order valence-electron chi connectivity index (χ0n) is 9.02. The minimum atomic E-state index is -4.29. The minimum Gasteiger partial charge on any atom is -0.478 e. The molecule has 0 aliphatic carbocycles. The molecule has 0 saturated heterocycles. The van der Waals surface area contributed by atoms with E-state index in [1.54, 1.807) is 6.08 Å². The molecule has 18 heavy (non-hydrogen) atoms. The number of allylic oxidation sites excluding steroid dienone is 2. The fourth-order valence-corrected chi connectivity index (χ4v) is 1.62. The molecule has 0 fully saturated rings. The number of carboxylic acids is 1. The van der Waals surface area contributed by atoms with Gasteiger partial charge in [0, 0.05) is 11.0 Å². The number of halogens is 3. The van der Waals surface area contributed by atoms with Gasteiger partial charge in [-0.15, -0.1) is 0 Å². The van der Waals surface area contributed by atoms with Crippen molar-refractivity contribution >= 4 is 23.8 Å². The lowest BCUT2D eigenvalue weighted by Crippen LogP contribution is -1.98. The summed E-state index contributed by atoms with van der Waals surface area (Å²) in [5.74, 6) is -1.06. The van der Waals surface area contributed by atoms with Crippen LogP contribution in [0.1, 0.15) is 5.56 Å². The Bertz CT molecular complexity index is 461. The summed E-state index contributed by atoms with van der Waals surface area (Å²) >= 11 is -0.174. The van der Waals surface area contributed by atoms with Crippen LogP contribution < -0.4 is 0 Å². The van der Waals surface area contributed by atoms with Crippen LogP contribution in [0.5, 0.6) is 0 Å². The second-order valence-electron chi connectivity index (χ2n) is 3.17. The third-order valence-corrected chi connectivity index (χ3v) is 2.49. The van der Waals surface area contributed by atoms with E-state index in [9.17, 15) is 18.0 Å². The Balaban J connectivity index is 2.63. The van der Waals surface area contributed by atoms with Gasteiger partial charge in [0.15, 0.2) is 0 Å². The number of rotatable bonds is 4. The van der Waals surface area contributed by atoms with Gasteiger partial charge in [0.05, 0.1) is 0 Å². The molecule has 0 saturated carbocycles. The highest BCUT2D eigenvalue weighted by Crippen LogP contribution is 2.36. The molecular formula is C12H9F3O2S. The van der Waals surface area contributed by atoms with Gasteiger partial charge in [0.1, 0.15) is 0 Å². The van der Waals surface area contributed by atoms with Gasteiger partial charge < -0.3 is 5.11 Å². The number of carbonyl (C=O) groups is 1. The highest BCUT2D eigenvalue weighted by molar-refractivity contribution is 8.00. The number of carboxylic acid groups (broad SMARTS) is 1. The van der Waals surface area contributed by atoms with Crippen molar-refractivity contribution in [2.45, 2.75) is 10.4 Å². The molecule has 1 aromatic carbocycles. The van der Waals surface area contributed by atoms with Crippen molar-refractivity contribution in [3.63, 3.8) is 0 Å². The highest BCUT2D eigenvalue weighted by atomic mass is 32.2. The molecule has 1 aromatic rings. The SMILES string of the molecule is O=C(O)C=CC=Cc1ccc(SC(F)(F)F)cc1. The maximum absolute atomic E-state index is 12.1. The van der Waals surface area contributed by atoms with E-state index in [4.69, 9.17) is 5.11 Å². The van der Waals surface area contributed by atoms with Crippen LogP contribution in [0.3, 0.4) is 0 Å². The molecule has 96 valence electrons. The predicted molar refractivity (Wildman–Crippen MR) is 64.2 cm³/mol. The summed E-state index contributed by atoms with van der Waals surface area (Å²) in [6.45, 7) is 0. The second-order valence-corrected chi connectivity index (χ2v) is 4.31. The number of thioether (sulfide) groups is 1. The van der Waals surface area contributed by atoms with Crippen molar-refractivity contribution in [2.24, 2.45) is 0 Å². The van der Waals surface area contributed by atoms with Crippen LogP contribution in [0.25, 0.3) is 6.08 Å². The minimum absolute atomic E-state index is 0.112. The molecular weight excluding hydrogens is 265 g/mol. The molecule has 1 rings (SSSR count). The van der Waals surface area contributed by atoms with Gasteiger partial charge in [0.25, 0.3) is 0 Å². The van der Waals surface area contributed by atoms with Crippen LogP contribution in [0.15, 0.2) is 47.4 Å². The molecule has 0 aromatic heterocycles. The predicted octanol–water partition coefficient (Wildman–Crippen LogP) is 3.95. The molecule has 6 heteroatoms. The molecule has 0 aliphatic heterocycles. The lowest BCUT2D eigenvalue weighted by molar-refractivity contribution is -0.131. The van der Waals surface area contributed by atoms with Crippen molar-refractivity contribution in [3.05, 3.63) is 48.1 Å². The quantitative estimate of drug-likeness (QED) is 0.513. The molecule has 0 spiro atoms. The van der Waals surface area contributed by atoms with Crippen LogP contribution in [-0.4, -0.2) is 16.6 Å². The Morgan fingerprint density at radius 2 is 1.78 bits per heavy atom. The molecule has 0 bridgehead atoms. The van der Waals surface area contributed by atoms with Gasteiger partial charge >= 0.3 is 11.5 Å². The first kappa shape index (κ1) is 14.4. The van der Waals surface area contributed by atoms with Crippen molar-refractivity contribution in [3.8, 4) is 0 Å². The third-order valence-electron chi connectivity index (χ3n) is 1.75. The van der Waals surface area contributed by atoms with Gasteiger partial charge in [-0.05, 0) is 29.5 Å². The molecule has 0 atom stereocenters. The fourth-order valence-electron chi connectivity index (χ4n) is 1.09. The number of alkyl halides is 3. The Kier molecular flexibility index (Phi) is 5.03. The molecule has 0 radical (unpaired) electrons. The topological polar surface area (TPSA) is 37.3 Å². The van der Waals surface area contributed by atoms with E-state index < -0.39 is 11.5 Å². The van der Waals surface area contributed by atoms with Crippen molar-refractivity contribution < 1.29 is 23.1 Å². The summed E-state index contributed by atoms with van der Waals surface area (Å²) in [4.78, 5) is 10.3. The Morgan fingerprint density at radius 1 is 1.17 bits per heavy atom. The second kappa shape index (κ2) is 6.30. The van der Waals surface area contributed by atoms with Crippen molar-refractivity contribution in [1.29, 1.82) is 0 Å². The first-order valence-electron chi connectivity index (χ1n) is 4.80. The Hall–Kier alpha value is -1.69. The van der Waals surface area contributed by atoms with E-state index in [0.717, 1.165) is 6.08 Å². The number of benzene rings is 1. The number of hydrogen-bond donors (Lipinski definition) is 1. The first-order chi connectivity index (χ1) is 8.37. The van der Waals surface area contributed by atoms with E-state index in [1.165, 1.54) is 36.4 Å². The summed E-state index contributed by atoms with van der Waals surface area (Å²) in [6, 6.07) is 5.77. The van der Waals surface area contributed by atoms with E-state index in [1.807, 2.05) is 0 Å². The monoisotopic (exact) mass is 274 g/mol. The van der Waals surface area contributed by atoms with Crippen LogP contribution in [-0.2, 0) is 4.79 Å². The highest BCUT2D eigenvalue weighted by Gasteiger charge is 2.28. The molecule has 0 amide bonds. The summed E-state index contributed by atoms with van der Waals surface area (Å²) in [6.07, 6.45) is 5.40. The summed E-state index contributed by atoms with van der Waals surface area (Å²) in [5, 5.41) is 8.33. The molecule has 1 N–H and O–H groups in total. The van der Waals surface area contributed by atoms with Crippen LogP contribution in [0.2, 0.25) is 0 Å². The van der Waals surface area contributed by atoms with Crippen molar-refractivity contribution in [2.75, 3.05) is 0 Å². The van der Waals surface area contributed by atoms with Gasteiger partial charge in [-0.2, -0.15) is 13.2 Å². The maximum atomic E-state index is 12.1. The van der Waals surface area contributed by atoms with Gasteiger partial charge in [-0.3, -0.25) is 0 Å². The zero-order chi connectivity index (χ0) is 13.6. The van der Waals surface area contributed by atoms with E-state index in [0.29, 0.717) is 5.56 Å².